The summed E-state index contributed by atoms with van der Waals surface area (Å²) < 4.78 is 0. The van der Waals surface area contributed by atoms with Crippen molar-refractivity contribution >= 4 is 29.3 Å². The number of hydrogen-bond donors (Lipinski definition) is 0. The van der Waals surface area contributed by atoms with E-state index in [0.29, 0.717) is 19.4 Å². The number of carbonyl (C=O) groups excluding carboxylic acids is 2. The maximum Gasteiger partial charge on any atom is 0.254 e. The Balaban J connectivity index is 1.16. The third-order valence-electron chi connectivity index (χ3n) is 6.80. The highest BCUT2D eigenvalue weighted by Crippen LogP contribution is 2.46. The van der Waals surface area contributed by atoms with Crippen molar-refractivity contribution in [2.75, 3.05) is 50.5 Å². The van der Waals surface area contributed by atoms with Crippen molar-refractivity contribution in [3.8, 4) is 0 Å². The summed E-state index contributed by atoms with van der Waals surface area (Å²) in [6.07, 6.45) is 8.16. The number of amides is 2. The molecule has 2 heterocycles. The Hall–Kier alpha value is -1.57. The maximum atomic E-state index is 12.4. The van der Waals surface area contributed by atoms with Gasteiger partial charge in [-0.25, -0.2) is 0 Å². The van der Waals surface area contributed by atoms with Gasteiger partial charge in [-0.1, -0.05) is 18.9 Å². The van der Waals surface area contributed by atoms with Gasteiger partial charge in [0.2, 0.25) is 0 Å². The molecule has 164 valence electrons. The first-order chi connectivity index (χ1) is 14.6. The highest BCUT2D eigenvalue weighted by Gasteiger charge is 2.45. The molecule has 30 heavy (non-hydrogen) atoms. The molecule has 1 aliphatic carbocycles. The Morgan fingerprint density at radius 2 is 1.73 bits per heavy atom. The lowest BCUT2D eigenvalue weighted by atomic mass is 9.77. The van der Waals surface area contributed by atoms with Crippen molar-refractivity contribution in [1.82, 2.24) is 9.96 Å². The summed E-state index contributed by atoms with van der Waals surface area (Å²) in [6.45, 7) is 5.42. The lowest BCUT2D eigenvalue weighted by Gasteiger charge is -2.37. The van der Waals surface area contributed by atoms with Gasteiger partial charge >= 0.3 is 0 Å². The van der Waals surface area contributed by atoms with Crippen LogP contribution in [0.1, 0.15) is 44.9 Å². The van der Waals surface area contributed by atoms with Crippen LogP contribution in [0.5, 0.6) is 0 Å². The second-order valence-corrected chi connectivity index (χ2v) is 9.74. The number of hydroxylamine groups is 2. The van der Waals surface area contributed by atoms with Crippen LogP contribution in [0.25, 0.3) is 0 Å². The standard InChI is InChI=1S/C23H33N3O3S/c1-30-20-7-4-6-19(16-20)25-13-11-24(12-14-25)10-5-15-29-26-21(27)17-23(18-22(26)28)8-2-3-9-23/h4,6-7,16H,2-3,5,8-15,17-18H2,1H3. The fourth-order valence-corrected chi connectivity index (χ4v) is 5.54. The summed E-state index contributed by atoms with van der Waals surface area (Å²) in [6, 6.07) is 8.72. The van der Waals surface area contributed by atoms with Crippen molar-refractivity contribution in [3.05, 3.63) is 24.3 Å². The second-order valence-electron chi connectivity index (χ2n) is 8.86. The van der Waals surface area contributed by atoms with Crippen molar-refractivity contribution in [3.63, 3.8) is 0 Å². The van der Waals surface area contributed by atoms with Gasteiger partial charge in [0.15, 0.2) is 0 Å². The average molecular weight is 432 g/mol. The van der Waals surface area contributed by atoms with E-state index in [0.717, 1.165) is 69.9 Å². The van der Waals surface area contributed by atoms with Crippen molar-refractivity contribution in [2.45, 2.75) is 49.8 Å². The fourth-order valence-electron chi connectivity index (χ4n) is 5.09. The SMILES string of the molecule is CSc1cccc(N2CCN(CCCON3C(=O)CC4(CCCC4)CC3=O)CC2)c1. The molecule has 2 amide bonds. The predicted molar refractivity (Wildman–Crippen MR) is 119 cm³/mol. The molecule has 3 aliphatic rings. The third kappa shape index (κ3) is 5.01. The van der Waals surface area contributed by atoms with Crippen LogP contribution < -0.4 is 4.90 Å². The van der Waals surface area contributed by atoms with Gasteiger partial charge in [0.25, 0.3) is 11.8 Å². The summed E-state index contributed by atoms with van der Waals surface area (Å²) in [4.78, 5) is 36.7. The number of piperidine rings is 1. The Kier molecular flexibility index (Phi) is 7.01. The van der Waals surface area contributed by atoms with Crippen LogP contribution in [0.2, 0.25) is 0 Å². The first-order valence-corrected chi connectivity index (χ1v) is 12.4. The fraction of sp³-hybridized carbons (Fsp3) is 0.652. The van der Waals surface area contributed by atoms with Gasteiger partial charge in [-0.2, -0.15) is 5.06 Å². The molecule has 1 spiro atoms. The summed E-state index contributed by atoms with van der Waals surface area (Å²) in [5.74, 6) is -0.288. The number of carbonyl (C=O) groups is 2. The van der Waals surface area contributed by atoms with Crippen molar-refractivity contribution in [2.24, 2.45) is 5.41 Å². The first kappa shape index (κ1) is 21.7. The van der Waals surface area contributed by atoms with Crippen LogP contribution in [0.4, 0.5) is 5.69 Å². The zero-order valence-electron chi connectivity index (χ0n) is 18.0. The highest BCUT2D eigenvalue weighted by atomic mass is 32.2. The Morgan fingerprint density at radius 3 is 2.40 bits per heavy atom. The first-order valence-electron chi connectivity index (χ1n) is 11.2. The Morgan fingerprint density at radius 1 is 1.03 bits per heavy atom. The number of nitrogens with zero attached hydrogens (tertiary/aromatic N) is 3. The van der Waals surface area contributed by atoms with E-state index in [1.165, 1.54) is 10.6 Å². The Bertz CT molecular complexity index is 738. The predicted octanol–water partition coefficient (Wildman–Crippen LogP) is 3.56. The lowest BCUT2D eigenvalue weighted by molar-refractivity contribution is -0.205. The number of anilines is 1. The number of hydrogen-bond acceptors (Lipinski definition) is 6. The van der Waals surface area contributed by atoms with E-state index >= 15 is 0 Å². The van der Waals surface area contributed by atoms with Crippen molar-refractivity contribution in [1.29, 1.82) is 0 Å². The van der Waals surface area contributed by atoms with Crippen LogP contribution in [0, 0.1) is 5.41 Å². The van der Waals surface area contributed by atoms with E-state index in [-0.39, 0.29) is 17.2 Å². The molecule has 4 rings (SSSR count). The topological polar surface area (TPSA) is 53.1 Å². The molecule has 2 saturated heterocycles. The number of imide groups is 1. The second kappa shape index (κ2) is 9.71. The summed E-state index contributed by atoms with van der Waals surface area (Å²) in [5, 5.41) is 1.06. The molecule has 0 radical (unpaired) electrons. The molecule has 2 aliphatic heterocycles. The molecule has 1 aromatic carbocycles. The number of thioether (sulfide) groups is 1. The molecule has 1 aromatic rings. The zero-order chi connectivity index (χ0) is 21.0. The minimum atomic E-state index is -0.144. The summed E-state index contributed by atoms with van der Waals surface area (Å²) in [5.41, 5.74) is 1.23. The van der Waals surface area contributed by atoms with Crippen LogP contribution in [-0.2, 0) is 14.4 Å². The van der Waals surface area contributed by atoms with Crippen LogP contribution in [-0.4, -0.2) is 67.4 Å². The van der Waals surface area contributed by atoms with Crippen LogP contribution in [0.15, 0.2) is 29.2 Å². The quantitative estimate of drug-likeness (QED) is 0.374. The third-order valence-corrected chi connectivity index (χ3v) is 7.52. The molecule has 0 bridgehead atoms. The monoisotopic (exact) mass is 431 g/mol. The number of piperazine rings is 1. The van der Waals surface area contributed by atoms with Gasteiger partial charge < -0.3 is 4.90 Å². The zero-order valence-corrected chi connectivity index (χ0v) is 18.8. The van der Waals surface area contributed by atoms with E-state index in [9.17, 15) is 9.59 Å². The van der Waals surface area contributed by atoms with E-state index in [4.69, 9.17) is 4.84 Å². The van der Waals surface area contributed by atoms with Crippen LogP contribution in [0.3, 0.4) is 0 Å². The van der Waals surface area contributed by atoms with E-state index in [2.05, 4.69) is 40.3 Å². The maximum absolute atomic E-state index is 12.4. The number of rotatable bonds is 7. The van der Waals surface area contributed by atoms with Crippen LogP contribution >= 0.6 is 11.8 Å². The highest BCUT2D eigenvalue weighted by molar-refractivity contribution is 7.98. The van der Waals surface area contributed by atoms with Gasteiger partial charge in [-0.05, 0) is 49.1 Å². The smallest absolute Gasteiger partial charge is 0.254 e. The van der Waals surface area contributed by atoms with E-state index < -0.39 is 0 Å². The molecule has 0 atom stereocenters. The molecule has 7 heteroatoms. The average Bonchev–Trinajstić information content (AvgIpc) is 3.20. The molecular weight excluding hydrogens is 398 g/mol. The van der Waals surface area contributed by atoms with Gasteiger partial charge in [-0.15, -0.1) is 11.8 Å². The molecule has 1 saturated carbocycles. The van der Waals surface area contributed by atoms with Gasteiger partial charge in [0.1, 0.15) is 0 Å². The molecular formula is C23H33N3O3S. The van der Waals surface area contributed by atoms with Crippen molar-refractivity contribution < 1.29 is 14.4 Å². The molecule has 0 N–H and O–H groups in total. The molecule has 0 aromatic heterocycles. The minimum absolute atomic E-state index is 0.0664. The Labute approximate surface area is 183 Å². The molecule has 0 unspecified atom stereocenters. The van der Waals surface area contributed by atoms with Gasteiger partial charge in [0, 0.05) is 56.1 Å². The minimum Gasteiger partial charge on any atom is -0.369 e. The summed E-state index contributed by atoms with van der Waals surface area (Å²) >= 11 is 1.78. The lowest BCUT2D eigenvalue weighted by Crippen LogP contribution is -2.48. The van der Waals surface area contributed by atoms with E-state index in [1.807, 2.05) is 0 Å². The molecule has 6 nitrogen and oxygen atoms in total. The number of benzene rings is 1. The summed E-state index contributed by atoms with van der Waals surface area (Å²) in [7, 11) is 0. The van der Waals surface area contributed by atoms with Gasteiger partial charge in [-0.3, -0.25) is 19.3 Å². The van der Waals surface area contributed by atoms with Gasteiger partial charge in [0.05, 0.1) is 6.61 Å². The van der Waals surface area contributed by atoms with E-state index in [1.54, 1.807) is 11.8 Å². The molecule has 3 fully saturated rings. The normalized spacial score (nSPS) is 22.3. The largest absolute Gasteiger partial charge is 0.369 e.